The molecule has 1 aromatic rings. The van der Waals surface area contributed by atoms with E-state index in [0.717, 1.165) is 0 Å². The van der Waals surface area contributed by atoms with E-state index < -0.39 is 12.2 Å². The van der Waals surface area contributed by atoms with Gasteiger partial charge in [0.15, 0.2) is 5.78 Å². The van der Waals surface area contributed by atoms with Gasteiger partial charge in [-0.15, -0.1) is 11.3 Å². The molecule has 84 valence electrons. The van der Waals surface area contributed by atoms with Crippen molar-refractivity contribution >= 4 is 17.1 Å². The highest BCUT2D eigenvalue weighted by Crippen LogP contribution is 2.27. The third-order valence-corrected chi connectivity index (χ3v) is 3.19. The van der Waals surface area contributed by atoms with Crippen LogP contribution in [0.5, 0.6) is 0 Å². The third kappa shape index (κ3) is 2.85. The van der Waals surface area contributed by atoms with Crippen LogP contribution in [-0.2, 0) is 0 Å². The Morgan fingerprint density at radius 2 is 2.27 bits per heavy atom. The van der Waals surface area contributed by atoms with Crippen molar-refractivity contribution in [2.24, 2.45) is 5.73 Å². The van der Waals surface area contributed by atoms with Crippen molar-refractivity contribution in [2.45, 2.75) is 25.6 Å². The normalized spacial score (nSPS) is 14.9. The molecule has 0 fully saturated rings. The van der Waals surface area contributed by atoms with E-state index in [-0.39, 0.29) is 5.78 Å². The minimum absolute atomic E-state index is 0.0981. The van der Waals surface area contributed by atoms with Crippen molar-refractivity contribution in [2.75, 3.05) is 6.54 Å². The lowest BCUT2D eigenvalue weighted by Crippen LogP contribution is -2.22. The first-order chi connectivity index (χ1) is 7.07. The fraction of sp³-hybridized carbons (Fsp3) is 0.500. The Bertz CT molecular complexity index is 337. The number of ketones is 1. The molecule has 1 rings (SSSR count). The van der Waals surface area contributed by atoms with Gasteiger partial charge in [-0.25, -0.2) is 0 Å². The minimum Gasteiger partial charge on any atom is -0.390 e. The second-order valence-corrected chi connectivity index (χ2v) is 4.27. The Kier molecular flexibility index (Phi) is 4.41. The number of rotatable bonds is 5. The van der Waals surface area contributed by atoms with Crippen molar-refractivity contribution < 1.29 is 15.0 Å². The summed E-state index contributed by atoms with van der Waals surface area (Å²) in [6.07, 6.45) is -1.63. The van der Waals surface area contributed by atoms with E-state index in [1.807, 2.05) is 0 Å². The maximum absolute atomic E-state index is 11.2. The Morgan fingerprint density at radius 1 is 1.60 bits per heavy atom. The second-order valence-electron chi connectivity index (χ2n) is 3.35. The van der Waals surface area contributed by atoms with Gasteiger partial charge in [-0.05, 0) is 31.3 Å². The van der Waals surface area contributed by atoms with Crippen LogP contribution in [0.3, 0.4) is 0 Å². The predicted octanol–water partition coefficient (Wildman–Crippen LogP) is 0.694. The van der Waals surface area contributed by atoms with Gasteiger partial charge in [-0.2, -0.15) is 0 Å². The molecule has 0 spiro atoms. The number of aliphatic hydroxyl groups excluding tert-OH is 2. The lowest BCUT2D eigenvalue weighted by Gasteiger charge is -2.17. The molecule has 2 atom stereocenters. The van der Waals surface area contributed by atoms with Gasteiger partial charge in [0.25, 0.3) is 0 Å². The zero-order chi connectivity index (χ0) is 11.4. The number of carbonyl (C=O) groups excluding carboxylic acids is 1. The maximum Gasteiger partial charge on any atom is 0.170 e. The van der Waals surface area contributed by atoms with Crippen LogP contribution in [0.4, 0.5) is 0 Å². The smallest absolute Gasteiger partial charge is 0.170 e. The molecule has 0 aromatic carbocycles. The zero-order valence-electron chi connectivity index (χ0n) is 8.51. The molecule has 4 nitrogen and oxygen atoms in total. The number of hydrogen-bond acceptors (Lipinski definition) is 5. The molecule has 0 radical (unpaired) electrons. The number of aliphatic hydroxyl groups is 2. The number of carbonyl (C=O) groups is 1. The average molecular weight is 229 g/mol. The molecule has 0 bridgehead atoms. The monoisotopic (exact) mass is 229 g/mol. The quantitative estimate of drug-likeness (QED) is 0.649. The van der Waals surface area contributed by atoms with Crippen molar-refractivity contribution in [1.29, 1.82) is 0 Å². The molecule has 15 heavy (non-hydrogen) atoms. The fourth-order valence-corrected chi connectivity index (χ4v) is 2.22. The summed E-state index contributed by atoms with van der Waals surface area (Å²) in [6, 6.07) is 1.66. The van der Waals surface area contributed by atoms with E-state index in [0.29, 0.717) is 23.4 Å². The van der Waals surface area contributed by atoms with Crippen molar-refractivity contribution in [3.05, 3.63) is 21.9 Å². The minimum atomic E-state index is -1.03. The van der Waals surface area contributed by atoms with E-state index >= 15 is 0 Å². The van der Waals surface area contributed by atoms with Crippen LogP contribution in [0.25, 0.3) is 0 Å². The van der Waals surface area contributed by atoms with E-state index in [9.17, 15) is 15.0 Å². The van der Waals surface area contributed by atoms with E-state index in [1.165, 1.54) is 18.3 Å². The molecule has 0 saturated carbocycles. The van der Waals surface area contributed by atoms with Gasteiger partial charge in [0.1, 0.15) is 6.10 Å². The lowest BCUT2D eigenvalue weighted by atomic mass is 10.0. The highest BCUT2D eigenvalue weighted by atomic mass is 32.1. The van der Waals surface area contributed by atoms with E-state index in [2.05, 4.69) is 0 Å². The fourth-order valence-electron chi connectivity index (χ4n) is 1.37. The van der Waals surface area contributed by atoms with E-state index in [4.69, 9.17) is 5.73 Å². The summed E-state index contributed by atoms with van der Waals surface area (Å²) in [5, 5.41) is 21.1. The SMILES string of the molecule is CC(=O)c1sccc1C(O)C(O)CCN. The van der Waals surface area contributed by atoms with Crippen LogP contribution < -0.4 is 5.73 Å². The summed E-state index contributed by atoms with van der Waals surface area (Å²) >= 11 is 1.27. The number of hydrogen-bond donors (Lipinski definition) is 3. The Hall–Kier alpha value is -0.750. The van der Waals surface area contributed by atoms with Gasteiger partial charge in [-0.3, -0.25) is 4.79 Å². The molecular weight excluding hydrogens is 214 g/mol. The van der Waals surface area contributed by atoms with Gasteiger partial charge in [0.05, 0.1) is 11.0 Å². The highest BCUT2D eigenvalue weighted by Gasteiger charge is 2.22. The average Bonchev–Trinajstić information content (AvgIpc) is 2.65. The zero-order valence-corrected chi connectivity index (χ0v) is 9.33. The summed E-state index contributed by atoms with van der Waals surface area (Å²) in [4.78, 5) is 11.7. The Labute approximate surface area is 92.4 Å². The van der Waals surface area contributed by atoms with Crippen molar-refractivity contribution in [3.8, 4) is 0 Å². The third-order valence-electron chi connectivity index (χ3n) is 2.16. The standard InChI is InChI=1S/C10H15NO3S/c1-6(12)10-7(3-5-15-10)9(14)8(13)2-4-11/h3,5,8-9,13-14H,2,4,11H2,1H3. The Balaban J connectivity index is 2.85. The van der Waals surface area contributed by atoms with Gasteiger partial charge in [0.2, 0.25) is 0 Å². The van der Waals surface area contributed by atoms with E-state index in [1.54, 1.807) is 11.4 Å². The van der Waals surface area contributed by atoms with Crippen molar-refractivity contribution in [1.82, 2.24) is 0 Å². The van der Waals surface area contributed by atoms with Crippen molar-refractivity contribution in [3.63, 3.8) is 0 Å². The molecule has 0 aliphatic carbocycles. The number of Topliss-reactive ketones (excluding diaryl/α,β-unsaturated/α-hetero) is 1. The molecule has 2 unspecified atom stereocenters. The highest BCUT2D eigenvalue weighted by molar-refractivity contribution is 7.12. The van der Waals surface area contributed by atoms with Gasteiger partial charge in [-0.1, -0.05) is 0 Å². The van der Waals surface area contributed by atoms with Crippen LogP contribution in [0.15, 0.2) is 11.4 Å². The molecule has 4 N–H and O–H groups in total. The summed E-state index contributed by atoms with van der Waals surface area (Å²) < 4.78 is 0. The summed E-state index contributed by atoms with van der Waals surface area (Å²) in [5.41, 5.74) is 5.78. The van der Waals surface area contributed by atoms with Crippen LogP contribution in [-0.4, -0.2) is 28.6 Å². The largest absolute Gasteiger partial charge is 0.390 e. The summed E-state index contributed by atoms with van der Waals surface area (Å²) in [6.45, 7) is 1.75. The molecule has 5 heteroatoms. The van der Waals surface area contributed by atoms with Crippen LogP contribution in [0.1, 0.15) is 34.7 Å². The molecule has 0 aliphatic rings. The molecule has 1 aromatic heterocycles. The molecule has 1 heterocycles. The molecule has 0 saturated heterocycles. The Morgan fingerprint density at radius 3 is 2.80 bits per heavy atom. The maximum atomic E-state index is 11.2. The topological polar surface area (TPSA) is 83.5 Å². The van der Waals surface area contributed by atoms with Crippen LogP contribution in [0.2, 0.25) is 0 Å². The van der Waals surface area contributed by atoms with Gasteiger partial charge < -0.3 is 15.9 Å². The van der Waals surface area contributed by atoms with Gasteiger partial charge >= 0.3 is 0 Å². The first-order valence-electron chi connectivity index (χ1n) is 4.72. The van der Waals surface area contributed by atoms with Gasteiger partial charge in [0, 0.05) is 5.56 Å². The molecule has 0 aliphatic heterocycles. The first kappa shape index (κ1) is 12.3. The number of nitrogens with two attached hydrogens (primary N) is 1. The molecule has 0 amide bonds. The second kappa shape index (κ2) is 5.37. The molecular formula is C10H15NO3S. The van der Waals surface area contributed by atoms with Crippen LogP contribution >= 0.6 is 11.3 Å². The summed E-state index contributed by atoms with van der Waals surface area (Å²) in [7, 11) is 0. The number of thiophene rings is 1. The van der Waals surface area contributed by atoms with Crippen LogP contribution in [0, 0.1) is 0 Å². The predicted molar refractivity (Wildman–Crippen MR) is 59.0 cm³/mol. The summed E-state index contributed by atoms with van der Waals surface area (Å²) in [5.74, 6) is -0.0981. The first-order valence-corrected chi connectivity index (χ1v) is 5.60. The lowest BCUT2D eigenvalue weighted by molar-refractivity contribution is 0.0149.